The Bertz CT molecular complexity index is 351. The van der Waals surface area contributed by atoms with Gasteiger partial charge in [-0.1, -0.05) is 6.07 Å². The summed E-state index contributed by atoms with van der Waals surface area (Å²) >= 11 is 0. The summed E-state index contributed by atoms with van der Waals surface area (Å²) in [6, 6.07) is 3.99. The van der Waals surface area contributed by atoms with Crippen molar-refractivity contribution in [2.24, 2.45) is 5.92 Å². The Morgan fingerprint density at radius 2 is 2.25 bits per heavy atom. The Hall–Kier alpha value is -1.16. The van der Waals surface area contributed by atoms with Crippen LogP contribution < -0.4 is 10.1 Å². The summed E-state index contributed by atoms with van der Waals surface area (Å²) < 4.78 is 31.4. The van der Waals surface area contributed by atoms with Crippen LogP contribution in [0.25, 0.3) is 0 Å². The van der Waals surface area contributed by atoms with E-state index in [2.05, 4.69) is 5.32 Å². The van der Waals surface area contributed by atoms with Crippen LogP contribution in [0.3, 0.4) is 0 Å². The maximum atomic E-state index is 13.2. The zero-order valence-electron chi connectivity index (χ0n) is 9.01. The van der Waals surface area contributed by atoms with Crippen molar-refractivity contribution in [1.29, 1.82) is 0 Å². The fourth-order valence-electron chi connectivity index (χ4n) is 1.87. The summed E-state index contributed by atoms with van der Waals surface area (Å²) in [7, 11) is 0. The van der Waals surface area contributed by atoms with Crippen LogP contribution in [0.4, 0.5) is 8.78 Å². The molecule has 1 saturated heterocycles. The number of piperidine rings is 1. The van der Waals surface area contributed by atoms with Gasteiger partial charge in [0, 0.05) is 12.5 Å². The zero-order chi connectivity index (χ0) is 11.4. The van der Waals surface area contributed by atoms with Crippen LogP contribution in [0.1, 0.15) is 12.8 Å². The standard InChI is InChI=1S/C12H15F2NO/c13-10-4-1-5-11(12(10)14)16-8-9-3-2-6-15-7-9/h1,4-5,9,15H,2-3,6-8H2. The lowest BCUT2D eigenvalue weighted by molar-refractivity contribution is 0.209. The van der Waals surface area contributed by atoms with Crippen molar-refractivity contribution in [3.8, 4) is 5.75 Å². The number of hydrogen-bond acceptors (Lipinski definition) is 2. The molecule has 1 aromatic carbocycles. The van der Waals surface area contributed by atoms with Crippen molar-refractivity contribution in [2.45, 2.75) is 12.8 Å². The first-order valence-corrected chi connectivity index (χ1v) is 5.55. The largest absolute Gasteiger partial charge is 0.490 e. The lowest BCUT2D eigenvalue weighted by Gasteiger charge is -2.22. The van der Waals surface area contributed by atoms with Crippen LogP contribution >= 0.6 is 0 Å². The van der Waals surface area contributed by atoms with E-state index in [0.29, 0.717) is 12.5 Å². The van der Waals surface area contributed by atoms with Crippen LogP contribution in [-0.2, 0) is 0 Å². The Labute approximate surface area is 93.6 Å². The fraction of sp³-hybridized carbons (Fsp3) is 0.500. The van der Waals surface area contributed by atoms with E-state index in [0.717, 1.165) is 32.0 Å². The Kier molecular flexibility index (Phi) is 3.72. The molecule has 4 heteroatoms. The van der Waals surface area contributed by atoms with Crippen molar-refractivity contribution >= 4 is 0 Å². The van der Waals surface area contributed by atoms with Gasteiger partial charge >= 0.3 is 0 Å². The highest BCUT2D eigenvalue weighted by Crippen LogP contribution is 2.20. The van der Waals surface area contributed by atoms with E-state index < -0.39 is 11.6 Å². The molecule has 0 aromatic heterocycles. The maximum Gasteiger partial charge on any atom is 0.200 e. The van der Waals surface area contributed by atoms with Gasteiger partial charge in [-0.05, 0) is 31.5 Å². The minimum Gasteiger partial charge on any atom is -0.490 e. The van der Waals surface area contributed by atoms with Gasteiger partial charge in [0.05, 0.1) is 6.61 Å². The number of halogens is 2. The summed E-state index contributed by atoms with van der Waals surface area (Å²) in [6.07, 6.45) is 2.18. The summed E-state index contributed by atoms with van der Waals surface area (Å²) in [4.78, 5) is 0. The normalized spacial score (nSPS) is 20.8. The summed E-state index contributed by atoms with van der Waals surface area (Å²) in [5.74, 6) is -1.37. The molecule has 1 atom stereocenters. The molecule has 0 aliphatic carbocycles. The maximum absolute atomic E-state index is 13.2. The van der Waals surface area contributed by atoms with Gasteiger partial charge in [-0.3, -0.25) is 0 Å². The summed E-state index contributed by atoms with van der Waals surface area (Å²) in [6.45, 7) is 2.36. The average Bonchev–Trinajstić information content (AvgIpc) is 2.32. The molecule has 2 rings (SSSR count). The first kappa shape index (κ1) is 11.3. The number of hydrogen-bond donors (Lipinski definition) is 1. The van der Waals surface area contributed by atoms with Gasteiger partial charge in [0.25, 0.3) is 0 Å². The van der Waals surface area contributed by atoms with Gasteiger partial charge in [0.15, 0.2) is 11.6 Å². The second kappa shape index (κ2) is 5.25. The molecular formula is C12H15F2NO. The second-order valence-electron chi connectivity index (χ2n) is 4.08. The third-order valence-corrected chi connectivity index (χ3v) is 2.79. The number of rotatable bonds is 3. The number of nitrogens with one attached hydrogen (secondary N) is 1. The van der Waals surface area contributed by atoms with Crippen LogP contribution in [0.2, 0.25) is 0 Å². The molecule has 1 N–H and O–H groups in total. The molecule has 1 fully saturated rings. The van der Waals surface area contributed by atoms with Crippen LogP contribution in [0, 0.1) is 17.6 Å². The van der Waals surface area contributed by atoms with Gasteiger partial charge < -0.3 is 10.1 Å². The van der Waals surface area contributed by atoms with Crippen molar-refractivity contribution in [2.75, 3.05) is 19.7 Å². The highest BCUT2D eigenvalue weighted by Gasteiger charge is 2.15. The first-order valence-electron chi connectivity index (χ1n) is 5.55. The molecule has 2 nitrogen and oxygen atoms in total. The Balaban J connectivity index is 1.91. The van der Waals surface area contributed by atoms with Crippen LogP contribution in [-0.4, -0.2) is 19.7 Å². The highest BCUT2D eigenvalue weighted by molar-refractivity contribution is 5.25. The highest BCUT2D eigenvalue weighted by atomic mass is 19.2. The SMILES string of the molecule is Fc1cccc(OCC2CCCNC2)c1F. The van der Waals surface area contributed by atoms with Gasteiger partial charge in [-0.15, -0.1) is 0 Å². The molecule has 0 radical (unpaired) electrons. The topological polar surface area (TPSA) is 21.3 Å². The zero-order valence-corrected chi connectivity index (χ0v) is 9.01. The molecule has 0 saturated carbocycles. The minimum absolute atomic E-state index is 0.00516. The van der Waals surface area contributed by atoms with Crippen molar-refractivity contribution in [1.82, 2.24) is 5.32 Å². The third-order valence-electron chi connectivity index (χ3n) is 2.79. The van der Waals surface area contributed by atoms with Crippen LogP contribution in [0.15, 0.2) is 18.2 Å². The van der Waals surface area contributed by atoms with E-state index in [1.54, 1.807) is 0 Å². The molecule has 0 bridgehead atoms. The summed E-state index contributed by atoms with van der Waals surface area (Å²) in [5, 5.41) is 3.25. The van der Waals surface area contributed by atoms with E-state index in [9.17, 15) is 8.78 Å². The quantitative estimate of drug-likeness (QED) is 0.855. The van der Waals surface area contributed by atoms with Gasteiger partial charge in [0.1, 0.15) is 0 Å². The molecule has 1 aliphatic rings. The smallest absolute Gasteiger partial charge is 0.200 e. The van der Waals surface area contributed by atoms with E-state index in [1.807, 2.05) is 0 Å². The molecule has 0 spiro atoms. The average molecular weight is 227 g/mol. The molecule has 1 aromatic rings. The molecule has 88 valence electrons. The summed E-state index contributed by atoms with van der Waals surface area (Å²) in [5.41, 5.74) is 0. The Morgan fingerprint density at radius 3 is 3.00 bits per heavy atom. The van der Waals surface area contributed by atoms with Crippen LogP contribution in [0.5, 0.6) is 5.75 Å². The molecule has 0 amide bonds. The monoisotopic (exact) mass is 227 g/mol. The fourth-order valence-corrected chi connectivity index (χ4v) is 1.87. The Morgan fingerprint density at radius 1 is 1.38 bits per heavy atom. The molecule has 1 aliphatic heterocycles. The molecule has 1 heterocycles. The van der Waals surface area contributed by atoms with Crippen molar-refractivity contribution in [3.05, 3.63) is 29.8 Å². The molecule has 1 unspecified atom stereocenters. The van der Waals surface area contributed by atoms with E-state index in [1.165, 1.54) is 12.1 Å². The minimum atomic E-state index is -0.897. The van der Waals surface area contributed by atoms with Gasteiger partial charge in [0.2, 0.25) is 5.82 Å². The number of benzene rings is 1. The van der Waals surface area contributed by atoms with Gasteiger partial charge in [-0.2, -0.15) is 4.39 Å². The number of ether oxygens (including phenoxy) is 1. The van der Waals surface area contributed by atoms with E-state index in [4.69, 9.17) is 4.74 Å². The van der Waals surface area contributed by atoms with Gasteiger partial charge in [-0.25, -0.2) is 4.39 Å². The van der Waals surface area contributed by atoms with E-state index >= 15 is 0 Å². The first-order chi connectivity index (χ1) is 7.77. The van der Waals surface area contributed by atoms with Crippen molar-refractivity contribution < 1.29 is 13.5 Å². The molecular weight excluding hydrogens is 212 g/mol. The lowest BCUT2D eigenvalue weighted by Crippen LogP contribution is -2.33. The predicted octanol–water partition coefficient (Wildman–Crippen LogP) is 2.34. The third kappa shape index (κ3) is 2.70. The van der Waals surface area contributed by atoms with Crippen molar-refractivity contribution in [3.63, 3.8) is 0 Å². The molecule has 16 heavy (non-hydrogen) atoms. The predicted molar refractivity (Wildman–Crippen MR) is 57.4 cm³/mol. The lowest BCUT2D eigenvalue weighted by atomic mass is 10.0. The second-order valence-corrected chi connectivity index (χ2v) is 4.08. The van der Waals surface area contributed by atoms with E-state index in [-0.39, 0.29) is 5.75 Å².